The zero-order chi connectivity index (χ0) is 21.0. The smallest absolute Gasteiger partial charge is 0.410 e. The van der Waals surface area contributed by atoms with E-state index in [2.05, 4.69) is 61.2 Å². The molecule has 1 heterocycles. The molecule has 162 valence electrons. The maximum absolute atomic E-state index is 12.4. The molecule has 4 rings (SSSR count). The van der Waals surface area contributed by atoms with Crippen LogP contribution in [0.4, 0.5) is 4.79 Å². The molecule has 0 bridgehead atoms. The van der Waals surface area contributed by atoms with Gasteiger partial charge in [-0.15, -0.1) is 0 Å². The minimum atomic E-state index is -0.194. The monoisotopic (exact) mass is 408 g/mol. The number of hydrogen-bond acceptors (Lipinski definition) is 3. The molecule has 0 N–H and O–H groups in total. The Labute approximate surface area is 181 Å². The average Bonchev–Trinajstić information content (AvgIpc) is 3.07. The second-order valence-corrected chi connectivity index (χ2v) is 9.17. The van der Waals surface area contributed by atoms with Gasteiger partial charge in [-0.3, -0.25) is 4.90 Å². The Morgan fingerprint density at radius 2 is 1.97 bits per heavy atom. The number of carbonyl (C=O) groups is 1. The Hall–Kier alpha value is -2.07. The molecule has 1 spiro atoms. The normalized spacial score (nSPS) is 23.2. The van der Waals surface area contributed by atoms with Crippen molar-refractivity contribution in [3.8, 4) is 0 Å². The van der Waals surface area contributed by atoms with Gasteiger partial charge < -0.3 is 9.64 Å². The van der Waals surface area contributed by atoms with E-state index < -0.39 is 0 Å². The zero-order valence-corrected chi connectivity index (χ0v) is 18.6. The Balaban J connectivity index is 1.35. The van der Waals surface area contributed by atoms with Crippen LogP contribution in [0.2, 0.25) is 0 Å². The third-order valence-electron chi connectivity index (χ3n) is 7.01. The zero-order valence-electron chi connectivity index (χ0n) is 18.6. The molecule has 1 aromatic rings. The van der Waals surface area contributed by atoms with E-state index in [0.29, 0.717) is 5.92 Å². The molecule has 0 radical (unpaired) electrons. The lowest BCUT2D eigenvalue weighted by atomic mass is 9.84. The Kier molecular flexibility index (Phi) is 6.62. The molecule has 30 heavy (non-hydrogen) atoms. The second kappa shape index (κ2) is 9.38. The lowest BCUT2D eigenvalue weighted by Gasteiger charge is -2.31. The molecule has 1 unspecified atom stereocenters. The molecule has 0 aromatic heterocycles. The molecule has 3 aliphatic rings. The lowest BCUT2D eigenvalue weighted by Crippen LogP contribution is -2.37. The Morgan fingerprint density at radius 1 is 1.17 bits per heavy atom. The summed E-state index contributed by atoms with van der Waals surface area (Å²) < 4.78 is 5.84. The summed E-state index contributed by atoms with van der Waals surface area (Å²) in [6.45, 7) is 9.12. The van der Waals surface area contributed by atoms with Crippen LogP contribution < -0.4 is 0 Å². The van der Waals surface area contributed by atoms with E-state index in [0.717, 1.165) is 52.0 Å². The van der Waals surface area contributed by atoms with Crippen molar-refractivity contribution in [2.24, 2.45) is 5.92 Å². The van der Waals surface area contributed by atoms with Crippen LogP contribution in [-0.2, 0) is 11.3 Å². The molecule has 2 fully saturated rings. The van der Waals surface area contributed by atoms with Crippen LogP contribution in [0.1, 0.15) is 63.5 Å². The highest BCUT2D eigenvalue weighted by Gasteiger charge is 2.45. The molecule has 1 saturated heterocycles. The van der Waals surface area contributed by atoms with Crippen molar-refractivity contribution in [1.82, 2.24) is 9.80 Å². The fraction of sp³-hybridized carbons (Fsp3) is 0.577. The first-order valence-corrected chi connectivity index (χ1v) is 11.8. The summed E-state index contributed by atoms with van der Waals surface area (Å²) in [5.41, 5.74) is 3.75. The highest BCUT2D eigenvalue weighted by Crippen LogP contribution is 2.37. The van der Waals surface area contributed by atoms with E-state index in [4.69, 9.17) is 4.74 Å². The van der Waals surface area contributed by atoms with Crippen molar-refractivity contribution in [1.29, 1.82) is 0 Å². The predicted molar refractivity (Wildman–Crippen MR) is 122 cm³/mol. The van der Waals surface area contributed by atoms with E-state index in [9.17, 15) is 4.79 Å². The summed E-state index contributed by atoms with van der Waals surface area (Å²) in [4.78, 5) is 16.8. The molecular weight excluding hydrogens is 372 g/mol. The Morgan fingerprint density at radius 3 is 2.67 bits per heavy atom. The summed E-state index contributed by atoms with van der Waals surface area (Å²) in [5, 5.41) is 0. The molecular formula is C26H36N2O2. The van der Waals surface area contributed by atoms with Crippen LogP contribution in [0.15, 0.2) is 42.5 Å². The number of nitrogens with zero attached hydrogens (tertiary/aromatic N) is 2. The van der Waals surface area contributed by atoms with Crippen molar-refractivity contribution < 1.29 is 9.53 Å². The SMILES string of the molecule is CCN(CC)Cc1cccc(C2=CCC(CN3CC4(CCCCC4)OC3=O)C=C2)c1. The summed E-state index contributed by atoms with van der Waals surface area (Å²) >= 11 is 0. The molecule has 4 nitrogen and oxygen atoms in total. The predicted octanol–water partition coefficient (Wildman–Crippen LogP) is 5.64. The number of amides is 1. The van der Waals surface area contributed by atoms with Gasteiger partial charge in [0.25, 0.3) is 0 Å². The first-order chi connectivity index (χ1) is 14.6. The lowest BCUT2D eigenvalue weighted by molar-refractivity contribution is 0.0260. The third-order valence-corrected chi connectivity index (χ3v) is 7.01. The number of hydrogen-bond donors (Lipinski definition) is 0. The Bertz CT molecular complexity index is 803. The van der Waals surface area contributed by atoms with E-state index in [1.165, 1.54) is 36.0 Å². The quantitative estimate of drug-likeness (QED) is 0.585. The highest BCUT2D eigenvalue weighted by molar-refractivity contribution is 5.75. The van der Waals surface area contributed by atoms with Crippen molar-refractivity contribution in [3.05, 3.63) is 53.6 Å². The van der Waals surface area contributed by atoms with E-state index in [1.54, 1.807) is 0 Å². The molecule has 1 aromatic carbocycles. The largest absolute Gasteiger partial charge is 0.441 e. The minimum Gasteiger partial charge on any atom is -0.441 e. The maximum atomic E-state index is 12.4. The molecule has 1 atom stereocenters. The fourth-order valence-corrected chi connectivity index (χ4v) is 5.14. The van der Waals surface area contributed by atoms with Crippen LogP contribution in [0.25, 0.3) is 5.57 Å². The third kappa shape index (κ3) is 4.80. The molecule has 1 saturated carbocycles. The van der Waals surface area contributed by atoms with Crippen molar-refractivity contribution in [2.75, 3.05) is 26.2 Å². The van der Waals surface area contributed by atoms with E-state index in [1.807, 2.05) is 4.90 Å². The first kappa shape index (κ1) is 21.2. The fourth-order valence-electron chi connectivity index (χ4n) is 5.14. The van der Waals surface area contributed by atoms with Crippen LogP contribution in [0.3, 0.4) is 0 Å². The first-order valence-electron chi connectivity index (χ1n) is 11.8. The van der Waals surface area contributed by atoms with E-state index >= 15 is 0 Å². The average molecular weight is 409 g/mol. The molecule has 1 amide bonds. The number of rotatable bonds is 7. The molecule has 1 aliphatic heterocycles. The van der Waals surface area contributed by atoms with Gasteiger partial charge in [0.15, 0.2) is 0 Å². The topological polar surface area (TPSA) is 32.8 Å². The summed E-state index contributed by atoms with van der Waals surface area (Å²) in [5.74, 6) is 0.374. The van der Waals surface area contributed by atoms with Crippen molar-refractivity contribution in [2.45, 2.75) is 64.5 Å². The van der Waals surface area contributed by atoms with Crippen LogP contribution in [0, 0.1) is 5.92 Å². The van der Waals surface area contributed by atoms with Gasteiger partial charge in [-0.05, 0) is 73.9 Å². The van der Waals surface area contributed by atoms with Gasteiger partial charge in [-0.1, -0.05) is 56.7 Å². The minimum absolute atomic E-state index is 0.107. The number of ether oxygens (including phenoxy) is 1. The van der Waals surface area contributed by atoms with Crippen LogP contribution in [-0.4, -0.2) is 47.7 Å². The van der Waals surface area contributed by atoms with E-state index in [-0.39, 0.29) is 11.7 Å². The summed E-state index contributed by atoms with van der Waals surface area (Å²) in [6.07, 6.45) is 13.4. The van der Waals surface area contributed by atoms with Crippen molar-refractivity contribution in [3.63, 3.8) is 0 Å². The standard InChI is InChI=1S/C26H36N2O2/c1-3-27(4-2)18-22-9-8-10-24(17-22)23-13-11-21(12-14-23)19-28-20-26(30-25(28)29)15-6-5-7-16-26/h8-11,13-14,17,21H,3-7,12,15-16,18-20H2,1-2H3. The van der Waals surface area contributed by atoms with Gasteiger partial charge in [0, 0.05) is 13.1 Å². The molecule has 4 heteroatoms. The van der Waals surface area contributed by atoms with Gasteiger partial charge in [0.05, 0.1) is 6.54 Å². The van der Waals surface area contributed by atoms with Gasteiger partial charge in [-0.25, -0.2) is 4.79 Å². The number of benzene rings is 1. The number of carbonyl (C=O) groups excluding carboxylic acids is 1. The highest BCUT2D eigenvalue weighted by atomic mass is 16.6. The van der Waals surface area contributed by atoms with Crippen LogP contribution in [0.5, 0.6) is 0 Å². The maximum Gasteiger partial charge on any atom is 0.410 e. The van der Waals surface area contributed by atoms with Gasteiger partial charge >= 0.3 is 6.09 Å². The second-order valence-electron chi connectivity index (χ2n) is 9.17. The van der Waals surface area contributed by atoms with Crippen LogP contribution >= 0.6 is 0 Å². The van der Waals surface area contributed by atoms with Gasteiger partial charge in [0.1, 0.15) is 5.60 Å². The number of allylic oxidation sites excluding steroid dienone is 3. The molecule has 2 aliphatic carbocycles. The summed E-state index contributed by atoms with van der Waals surface area (Å²) in [7, 11) is 0. The van der Waals surface area contributed by atoms with Crippen molar-refractivity contribution >= 4 is 11.7 Å². The van der Waals surface area contributed by atoms with Gasteiger partial charge in [-0.2, -0.15) is 0 Å². The van der Waals surface area contributed by atoms with Gasteiger partial charge in [0.2, 0.25) is 0 Å². The summed E-state index contributed by atoms with van der Waals surface area (Å²) in [6, 6.07) is 8.91.